The van der Waals surface area contributed by atoms with Gasteiger partial charge in [-0.1, -0.05) is 11.6 Å². The van der Waals surface area contributed by atoms with Crippen molar-refractivity contribution in [3.8, 4) is 5.69 Å². The largest absolute Gasteiger partial charge is 0.416 e. The quantitative estimate of drug-likeness (QED) is 0.689. The number of anilines is 1. The van der Waals surface area contributed by atoms with Crippen molar-refractivity contribution in [3.05, 3.63) is 45.3 Å². The van der Waals surface area contributed by atoms with Gasteiger partial charge in [0.15, 0.2) is 5.65 Å². The maximum absolute atomic E-state index is 12.8. The fourth-order valence-corrected chi connectivity index (χ4v) is 3.60. The van der Waals surface area contributed by atoms with Gasteiger partial charge in [0.1, 0.15) is 5.39 Å². The molecule has 1 fully saturated rings. The van der Waals surface area contributed by atoms with Crippen LogP contribution in [0.1, 0.15) is 18.4 Å². The Labute approximate surface area is 161 Å². The summed E-state index contributed by atoms with van der Waals surface area (Å²) in [4.78, 5) is 21.3. The molecule has 1 atom stereocenters. The second-order valence-electron chi connectivity index (χ2n) is 6.54. The number of hydrogen-bond donors (Lipinski definition) is 2. The minimum absolute atomic E-state index is 0.0582. The second-order valence-corrected chi connectivity index (χ2v) is 6.94. The monoisotopic (exact) mass is 413 g/mol. The first-order valence-corrected chi connectivity index (χ1v) is 8.90. The number of aliphatic hydroxyl groups excluding tert-OH is 1. The fourth-order valence-electron chi connectivity index (χ4n) is 3.34. The number of nitrogens with one attached hydrogen (secondary N) is 1. The van der Waals surface area contributed by atoms with E-state index in [1.54, 1.807) is 0 Å². The Hall–Kier alpha value is -2.59. The zero-order valence-electron chi connectivity index (χ0n) is 14.4. The smallest absolute Gasteiger partial charge is 0.394 e. The molecule has 3 heterocycles. The SMILES string of the molecule is O=c1[nH]c(N2CCCC2CO)nc2nn(-c3ccc(C(F)(F)F)cc3Cl)cc12. The topological polar surface area (TPSA) is 87.0 Å². The predicted octanol–water partition coefficient (Wildman–Crippen LogP) is 2.74. The number of H-pyrrole nitrogens is 1. The summed E-state index contributed by atoms with van der Waals surface area (Å²) >= 11 is 6.01. The fraction of sp³-hybridized carbons (Fsp3) is 0.353. The van der Waals surface area contributed by atoms with E-state index < -0.39 is 17.3 Å². The molecule has 0 saturated carbocycles. The summed E-state index contributed by atoms with van der Waals surface area (Å²) in [5.74, 6) is 0.304. The van der Waals surface area contributed by atoms with Crippen LogP contribution in [0, 0.1) is 0 Å². The van der Waals surface area contributed by atoms with Gasteiger partial charge in [0, 0.05) is 12.7 Å². The molecule has 1 aromatic carbocycles. The molecule has 1 saturated heterocycles. The number of aliphatic hydroxyl groups is 1. The summed E-state index contributed by atoms with van der Waals surface area (Å²) in [6, 6.07) is 2.76. The van der Waals surface area contributed by atoms with Crippen LogP contribution in [0.25, 0.3) is 16.7 Å². The molecule has 4 rings (SSSR count). The summed E-state index contributed by atoms with van der Waals surface area (Å²) < 4.78 is 39.7. The standard InChI is InChI=1S/C17H15ClF3N5O2/c18-12-6-9(17(19,20)21)3-4-13(12)26-7-11-14(24-26)22-16(23-15(11)28)25-5-1-2-10(25)8-27/h3-4,6-7,10,27H,1-2,5,8H2,(H,22,23,24,28). The van der Waals surface area contributed by atoms with Gasteiger partial charge in [0.2, 0.25) is 5.95 Å². The maximum Gasteiger partial charge on any atom is 0.416 e. The van der Waals surface area contributed by atoms with E-state index in [1.807, 2.05) is 4.90 Å². The van der Waals surface area contributed by atoms with E-state index in [9.17, 15) is 23.1 Å². The molecule has 0 bridgehead atoms. The third-order valence-corrected chi connectivity index (χ3v) is 5.06. The van der Waals surface area contributed by atoms with Gasteiger partial charge in [-0.15, -0.1) is 5.10 Å². The molecule has 1 aliphatic heterocycles. The molecule has 148 valence electrons. The van der Waals surface area contributed by atoms with Crippen LogP contribution in [0.3, 0.4) is 0 Å². The van der Waals surface area contributed by atoms with E-state index in [0.717, 1.165) is 25.0 Å². The zero-order valence-corrected chi connectivity index (χ0v) is 15.1. The third-order valence-electron chi connectivity index (χ3n) is 4.76. The van der Waals surface area contributed by atoms with Crippen LogP contribution in [-0.4, -0.2) is 44.0 Å². The van der Waals surface area contributed by atoms with E-state index in [1.165, 1.54) is 16.9 Å². The minimum Gasteiger partial charge on any atom is -0.394 e. The number of nitrogens with zero attached hydrogens (tertiary/aromatic N) is 4. The summed E-state index contributed by atoms with van der Waals surface area (Å²) in [7, 11) is 0. The van der Waals surface area contributed by atoms with Crippen molar-refractivity contribution in [2.24, 2.45) is 0 Å². The molecule has 0 amide bonds. The maximum atomic E-state index is 12.8. The van der Waals surface area contributed by atoms with Crippen LogP contribution in [0.5, 0.6) is 0 Å². The van der Waals surface area contributed by atoms with Crippen molar-refractivity contribution >= 4 is 28.6 Å². The van der Waals surface area contributed by atoms with E-state index in [4.69, 9.17) is 11.6 Å². The molecule has 2 N–H and O–H groups in total. The van der Waals surface area contributed by atoms with Gasteiger partial charge in [-0.2, -0.15) is 18.2 Å². The summed E-state index contributed by atoms with van der Waals surface area (Å²) in [5.41, 5.74) is -0.973. The highest BCUT2D eigenvalue weighted by atomic mass is 35.5. The Morgan fingerprint density at radius 2 is 2.14 bits per heavy atom. The molecule has 0 radical (unpaired) electrons. The number of rotatable bonds is 3. The lowest BCUT2D eigenvalue weighted by Gasteiger charge is -2.22. The number of hydrogen-bond acceptors (Lipinski definition) is 5. The Morgan fingerprint density at radius 1 is 1.36 bits per heavy atom. The van der Waals surface area contributed by atoms with Crippen LogP contribution in [0.15, 0.2) is 29.2 Å². The van der Waals surface area contributed by atoms with Crippen LogP contribution >= 0.6 is 11.6 Å². The van der Waals surface area contributed by atoms with Gasteiger partial charge in [-0.05, 0) is 31.0 Å². The Bertz CT molecular complexity index is 1090. The highest BCUT2D eigenvalue weighted by Crippen LogP contribution is 2.33. The first kappa shape index (κ1) is 18.8. The molecule has 7 nitrogen and oxygen atoms in total. The third kappa shape index (κ3) is 3.22. The Morgan fingerprint density at radius 3 is 2.82 bits per heavy atom. The number of aromatic amines is 1. The summed E-state index contributed by atoms with van der Waals surface area (Å²) in [5, 5.41) is 13.7. The first-order chi connectivity index (χ1) is 13.3. The van der Waals surface area contributed by atoms with Gasteiger partial charge >= 0.3 is 6.18 Å². The molecule has 0 aliphatic carbocycles. The molecule has 3 aromatic rings. The predicted molar refractivity (Wildman–Crippen MR) is 97.0 cm³/mol. The van der Waals surface area contributed by atoms with Crippen LogP contribution in [0.2, 0.25) is 5.02 Å². The highest BCUT2D eigenvalue weighted by molar-refractivity contribution is 6.32. The molecule has 1 aliphatic rings. The molecular formula is C17H15ClF3N5O2. The van der Waals surface area contributed by atoms with Crippen molar-refractivity contribution in [2.45, 2.75) is 25.1 Å². The molecule has 1 unspecified atom stereocenters. The van der Waals surface area contributed by atoms with Crippen LogP contribution in [0.4, 0.5) is 19.1 Å². The van der Waals surface area contributed by atoms with Crippen molar-refractivity contribution < 1.29 is 18.3 Å². The molecular weight excluding hydrogens is 399 g/mol. The van der Waals surface area contributed by atoms with Crippen molar-refractivity contribution in [1.82, 2.24) is 19.7 Å². The second kappa shape index (κ2) is 6.78. The summed E-state index contributed by atoms with van der Waals surface area (Å²) in [6.45, 7) is 0.586. The Balaban J connectivity index is 1.76. The lowest BCUT2D eigenvalue weighted by molar-refractivity contribution is -0.137. The van der Waals surface area contributed by atoms with Gasteiger partial charge in [0.25, 0.3) is 5.56 Å². The molecule has 11 heteroatoms. The van der Waals surface area contributed by atoms with Gasteiger partial charge in [-0.3, -0.25) is 9.78 Å². The van der Waals surface area contributed by atoms with Crippen LogP contribution < -0.4 is 10.5 Å². The zero-order chi connectivity index (χ0) is 20.1. The Kier molecular flexibility index (Phi) is 4.54. The number of alkyl halides is 3. The van der Waals surface area contributed by atoms with Crippen LogP contribution in [-0.2, 0) is 6.18 Å². The molecule has 2 aromatic heterocycles. The van der Waals surface area contributed by atoms with E-state index in [0.29, 0.717) is 12.5 Å². The van der Waals surface area contributed by atoms with E-state index >= 15 is 0 Å². The number of aromatic nitrogens is 4. The lowest BCUT2D eigenvalue weighted by atomic mass is 10.2. The number of halogens is 4. The lowest BCUT2D eigenvalue weighted by Crippen LogP contribution is -2.34. The first-order valence-electron chi connectivity index (χ1n) is 8.52. The van der Waals surface area contributed by atoms with E-state index in [-0.39, 0.29) is 34.4 Å². The highest BCUT2D eigenvalue weighted by Gasteiger charge is 2.31. The number of fused-ring (bicyclic) bond motifs is 1. The average molecular weight is 414 g/mol. The molecule has 28 heavy (non-hydrogen) atoms. The van der Waals surface area contributed by atoms with Gasteiger partial charge in [0.05, 0.1) is 28.9 Å². The van der Waals surface area contributed by atoms with Crippen molar-refractivity contribution in [1.29, 1.82) is 0 Å². The summed E-state index contributed by atoms with van der Waals surface area (Å²) in [6.07, 6.45) is -1.49. The van der Waals surface area contributed by atoms with Gasteiger partial charge < -0.3 is 10.0 Å². The number of benzene rings is 1. The van der Waals surface area contributed by atoms with Gasteiger partial charge in [-0.25, -0.2) is 4.68 Å². The average Bonchev–Trinajstić information content (AvgIpc) is 3.27. The normalized spacial score (nSPS) is 17.6. The van der Waals surface area contributed by atoms with Crippen molar-refractivity contribution in [2.75, 3.05) is 18.1 Å². The van der Waals surface area contributed by atoms with Crippen molar-refractivity contribution in [3.63, 3.8) is 0 Å². The minimum atomic E-state index is -4.51. The molecule has 0 spiro atoms. The van der Waals surface area contributed by atoms with E-state index in [2.05, 4.69) is 15.1 Å².